The van der Waals surface area contributed by atoms with E-state index in [0.717, 1.165) is 29.3 Å². The second-order valence-corrected chi connectivity index (χ2v) is 6.76. The van der Waals surface area contributed by atoms with Gasteiger partial charge < -0.3 is 5.73 Å². The fourth-order valence-corrected chi connectivity index (χ4v) is 3.61. The summed E-state index contributed by atoms with van der Waals surface area (Å²) in [6.45, 7) is 0.193. The molecule has 1 aromatic carbocycles. The summed E-state index contributed by atoms with van der Waals surface area (Å²) in [7, 11) is -2.53. The lowest BCUT2D eigenvalue weighted by Gasteiger charge is -2.26. The molecule has 7 heteroatoms. The van der Waals surface area contributed by atoms with Gasteiger partial charge in [-0.05, 0) is 30.9 Å². The highest BCUT2D eigenvalue weighted by Crippen LogP contribution is 2.36. The van der Waals surface area contributed by atoms with Crippen molar-refractivity contribution in [2.75, 3.05) is 13.6 Å². The molecule has 1 atom stereocenters. The molecule has 1 unspecified atom stereocenters. The number of hydrogen-bond acceptors (Lipinski definition) is 3. The highest BCUT2D eigenvalue weighted by atomic mass is 32.2. The summed E-state index contributed by atoms with van der Waals surface area (Å²) < 4.78 is 52.0. The van der Waals surface area contributed by atoms with E-state index in [1.807, 2.05) is 0 Å². The van der Waals surface area contributed by atoms with Crippen molar-refractivity contribution in [3.05, 3.63) is 29.8 Å². The third kappa shape index (κ3) is 2.93. The van der Waals surface area contributed by atoms with Gasteiger partial charge in [0.1, 0.15) is 11.6 Å². The number of sulfonamides is 1. The Balaban J connectivity index is 2.35. The smallest absolute Gasteiger partial charge is 0.243 e. The van der Waals surface area contributed by atoms with Crippen LogP contribution in [-0.2, 0) is 10.0 Å². The normalized spacial score (nSPS) is 17.7. The van der Waals surface area contributed by atoms with Gasteiger partial charge in [-0.1, -0.05) is 0 Å². The first-order valence-corrected chi connectivity index (χ1v) is 7.44. The molecule has 106 valence electrons. The van der Waals surface area contributed by atoms with Crippen molar-refractivity contribution in [1.82, 2.24) is 4.31 Å². The Hall–Kier alpha value is -1.05. The standard InChI is InChI=1S/C12H16F2N2O2S/c1-16(12(7-15)8-2-3-8)19(17,18)11-5-9(13)4-10(14)6-11/h4-6,8,12H,2-3,7,15H2,1H3. The quantitative estimate of drug-likeness (QED) is 0.889. The molecule has 1 saturated carbocycles. The van der Waals surface area contributed by atoms with Gasteiger partial charge in [0.05, 0.1) is 4.90 Å². The number of halogens is 2. The Labute approximate surface area is 111 Å². The molecule has 0 spiro atoms. The number of rotatable bonds is 5. The number of hydrogen-bond donors (Lipinski definition) is 1. The van der Waals surface area contributed by atoms with Crippen molar-refractivity contribution in [1.29, 1.82) is 0 Å². The van der Waals surface area contributed by atoms with Crippen LogP contribution in [-0.4, -0.2) is 32.4 Å². The fraction of sp³-hybridized carbons (Fsp3) is 0.500. The molecule has 0 bridgehead atoms. The van der Waals surface area contributed by atoms with Crippen molar-refractivity contribution in [3.63, 3.8) is 0 Å². The first-order chi connectivity index (χ1) is 8.86. The van der Waals surface area contributed by atoms with Crippen molar-refractivity contribution < 1.29 is 17.2 Å². The predicted octanol–water partition coefficient (Wildman–Crippen LogP) is 1.32. The molecule has 4 nitrogen and oxygen atoms in total. The SMILES string of the molecule is CN(C(CN)C1CC1)S(=O)(=O)c1cc(F)cc(F)c1. The second-order valence-electron chi connectivity index (χ2n) is 4.77. The molecule has 0 aliphatic heterocycles. The molecule has 2 N–H and O–H groups in total. The van der Waals surface area contributed by atoms with Crippen LogP contribution in [0.15, 0.2) is 23.1 Å². The first-order valence-electron chi connectivity index (χ1n) is 6.00. The highest BCUT2D eigenvalue weighted by molar-refractivity contribution is 7.89. The summed E-state index contributed by atoms with van der Waals surface area (Å²) in [4.78, 5) is -0.383. The molecule has 0 radical (unpaired) electrons. The third-order valence-corrected chi connectivity index (χ3v) is 5.25. The van der Waals surface area contributed by atoms with Gasteiger partial charge in [-0.3, -0.25) is 0 Å². The zero-order valence-corrected chi connectivity index (χ0v) is 11.3. The predicted molar refractivity (Wildman–Crippen MR) is 66.9 cm³/mol. The first kappa shape index (κ1) is 14.4. The van der Waals surface area contributed by atoms with Crippen LogP contribution in [0, 0.1) is 17.6 Å². The maximum absolute atomic E-state index is 13.1. The third-order valence-electron chi connectivity index (χ3n) is 3.39. The van der Waals surface area contributed by atoms with Gasteiger partial charge in [0.25, 0.3) is 0 Å². The Morgan fingerprint density at radius 3 is 2.26 bits per heavy atom. The summed E-state index contributed by atoms with van der Waals surface area (Å²) in [5.74, 6) is -1.59. The molecule has 1 aromatic rings. The Morgan fingerprint density at radius 2 is 1.84 bits per heavy atom. The molecule has 0 aromatic heterocycles. The molecule has 2 rings (SSSR count). The van der Waals surface area contributed by atoms with Crippen LogP contribution in [0.2, 0.25) is 0 Å². The average Bonchev–Trinajstić information content (AvgIpc) is 3.13. The molecule has 0 saturated heterocycles. The van der Waals surface area contributed by atoms with E-state index in [-0.39, 0.29) is 23.4 Å². The Bertz CT molecular complexity index is 553. The topological polar surface area (TPSA) is 63.4 Å². The van der Waals surface area contributed by atoms with Crippen LogP contribution in [0.1, 0.15) is 12.8 Å². The largest absolute Gasteiger partial charge is 0.329 e. The van der Waals surface area contributed by atoms with E-state index in [4.69, 9.17) is 5.73 Å². The van der Waals surface area contributed by atoms with E-state index < -0.39 is 21.7 Å². The maximum Gasteiger partial charge on any atom is 0.243 e. The van der Waals surface area contributed by atoms with Crippen molar-refractivity contribution in [3.8, 4) is 0 Å². The summed E-state index contributed by atoms with van der Waals surface area (Å²) in [6.07, 6.45) is 1.86. The van der Waals surface area contributed by atoms with Crippen molar-refractivity contribution >= 4 is 10.0 Å². The molecule has 0 heterocycles. The molecule has 1 aliphatic rings. The van der Waals surface area contributed by atoms with Gasteiger partial charge in [0.2, 0.25) is 10.0 Å². The van der Waals surface area contributed by atoms with Crippen LogP contribution < -0.4 is 5.73 Å². The van der Waals surface area contributed by atoms with Crippen molar-refractivity contribution in [2.24, 2.45) is 11.7 Å². The number of benzene rings is 1. The van der Waals surface area contributed by atoms with E-state index in [0.29, 0.717) is 6.07 Å². The lowest BCUT2D eigenvalue weighted by atomic mass is 10.2. The molecule has 1 aliphatic carbocycles. The molecule has 0 amide bonds. The van der Waals surface area contributed by atoms with E-state index in [1.165, 1.54) is 7.05 Å². The lowest BCUT2D eigenvalue weighted by molar-refractivity contribution is 0.340. The Kier molecular flexibility index (Phi) is 3.89. The van der Waals surface area contributed by atoms with Crippen LogP contribution in [0.4, 0.5) is 8.78 Å². The minimum atomic E-state index is -3.93. The van der Waals surface area contributed by atoms with E-state index in [2.05, 4.69) is 0 Å². The number of nitrogens with zero attached hydrogens (tertiary/aromatic N) is 1. The molecular weight excluding hydrogens is 274 g/mol. The summed E-state index contributed by atoms with van der Waals surface area (Å²) >= 11 is 0. The second kappa shape index (κ2) is 5.15. The minimum Gasteiger partial charge on any atom is -0.329 e. The fourth-order valence-electron chi connectivity index (χ4n) is 2.14. The molecule has 1 fully saturated rings. The van der Waals surface area contributed by atoms with Gasteiger partial charge in [0, 0.05) is 25.7 Å². The highest BCUT2D eigenvalue weighted by Gasteiger charge is 2.38. The van der Waals surface area contributed by atoms with Gasteiger partial charge >= 0.3 is 0 Å². The zero-order valence-electron chi connectivity index (χ0n) is 10.5. The minimum absolute atomic E-state index is 0.193. The summed E-state index contributed by atoms with van der Waals surface area (Å²) in [5.41, 5.74) is 5.59. The van der Waals surface area contributed by atoms with Crippen LogP contribution >= 0.6 is 0 Å². The number of likely N-dealkylation sites (N-methyl/N-ethyl adjacent to an activating group) is 1. The number of nitrogens with two attached hydrogens (primary N) is 1. The molecule has 19 heavy (non-hydrogen) atoms. The average molecular weight is 290 g/mol. The van der Waals surface area contributed by atoms with E-state index in [9.17, 15) is 17.2 Å². The van der Waals surface area contributed by atoms with Gasteiger partial charge in [0.15, 0.2) is 0 Å². The zero-order chi connectivity index (χ0) is 14.2. The monoisotopic (exact) mass is 290 g/mol. The van der Waals surface area contributed by atoms with Crippen LogP contribution in [0.5, 0.6) is 0 Å². The van der Waals surface area contributed by atoms with Crippen LogP contribution in [0.25, 0.3) is 0 Å². The summed E-state index contributed by atoms with van der Waals surface area (Å²) in [5, 5.41) is 0. The van der Waals surface area contributed by atoms with Gasteiger partial charge in [-0.2, -0.15) is 4.31 Å². The van der Waals surface area contributed by atoms with Crippen LogP contribution in [0.3, 0.4) is 0 Å². The van der Waals surface area contributed by atoms with Crippen molar-refractivity contribution in [2.45, 2.75) is 23.8 Å². The Morgan fingerprint density at radius 1 is 1.32 bits per heavy atom. The lowest BCUT2D eigenvalue weighted by Crippen LogP contribution is -2.43. The van der Waals surface area contributed by atoms with E-state index in [1.54, 1.807) is 0 Å². The maximum atomic E-state index is 13.1. The van der Waals surface area contributed by atoms with Gasteiger partial charge in [-0.15, -0.1) is 0 Å². The van der Waals surface area contributed by atoms with Gasteiger partial charge in [-0.25, -0.2) is 17.2 Å². The summed E-state index contributed by atoms with van der Waals surface area (Å²) in [6, 6.07) is 1.95. The molecular formula is C12H16F2N2O2S. The van der Waals surface area contributed by atoms with E-state index >= 15 is 0 Å².